The van der Waals surface area contributed by atoms with Gasteiger partial charge in [-0.15, -0.1) is 0 Å². The van der Waals surface area contributed by atoms with Gasteiger partial charge >= 0.3 is 0 Å². The van der Waals surface area contributed by atoms with Gasteiger partial charge < -0.3 is 10.2 Å². The maximum atomic E-state index is 6.70. The highest BCUT2D eigenvalue weighted by molar-refractivity contribution is 7.83. The average Bonchev–Trinajstić information content (AvgIpc) is 2.14. The monoisotopic (exact) mass is 305 g/mol. The van der Waals surface area contributed by atoms with Gasteiger partial charge in [-0.2, -0.15) is 0 Å². The lowest BCUT2D eigenvalue weighted by atomic mass is 10.5. The van der Waals surface area contributed by atoms with Crippen LogP contribution in [0.2, 0.25) is 52.4 Å². The van der Waals surface area contributed by atoms with E-state index in [1.807, 2.05) is 0 Å². The van der Waals surface area contributed by atoms with E-state index in [1.54, 1.807) is 0 Å². The summed E-state index contributed by atoms with van der Waals surface area (Å²) in [5, 5.41) is 0. The minimum Gasteiger partial charge on any atom is -0.421 e. The van der Waals surface area contributed by atoms with E-state index in [-0.39, 0.29) is 0 Å². The number of hydrogen-bond donors (Lipinski definition) is 1. The molecular formula is C11H31NOSi4. The van der Waals surface area contributed by atoms with E-state index in [9.17, 15) is 0 Å². The summed E-state index contributed by atoms with van der Waals surface area (Å²) in [5.74, 6) is 0. The number of nitrogens with two attached hydrogens (primary N) is 1. The van der Waals surface area contributed by atoms with Crippen molar-refractivity contribution in [2.75, 3.05) is 6.54 Å². The zero-order valence-corrected chi connectivity index (χ0v) is 17.0. The fourth-order valence-electron chi connectivity index (χ4n) is 3.18. The molecule has 0 saturated carbocycles. The highest BCUT2D eigenvalue weighted by Gasteiger charge is 2.66. The van der Waals surface area contributed by atoms with E-state index < -0.39 is 29.6 Å². The highest BCUT2D eigenvalue weighted by Crippen LogP contribution is 2.43. The molecule has 2 N–H and O–H groups in total. The van der Waals surface area contributed by atoms with Crippen LogP contribution in [0.5, 0.6) is 0 Å². The van der Waals surface area contributed by atoms with Crippen LogP contribution in [0.3, 0.4) is 0 Å². The van der Waals surface area contributed by atoms with E-state index >= 15 is 0 Å². The first-order chi connectivity index (χ1) is 7.42. The van der Waals surface area contributed by atoms with Crippen molar-refractivity contribution in [3.8, 4) is 0 Å². The lowest BCUT2D eigenvalue weighted by molar-refractivity contribution is 0.260. The van der Waals surface area contributed by atoms with Gasteiger partial charge in [0.2, 0.25) is 0 Å². The fraction of sp³-hybridized carbons (Fsp3) is 1.00. The molecule has 1 fully saturated rings. The van der Waals surface area contributed by atoms with Crippen LogP contribution >= 0.6 is 0 Å². The Bertz CT molecular complexity index is 302. The van der Waals surface area contributed by atoms with Crippen LogP contribution in [0.15, 0.2) is 0 Å². The van der Waals surface area contributed by atoms with E-state index in [0.29, 0.717) is 5.73 Å². The van der Waals surface area contributed by atoms with Crippen LogP contribution in [0.4, 0.5) is 0 Å². The fourth-order valence-corrected chi connectivity index (χ4v) is 72.4. The average molecular weight is 306 g/mol. The predicted octanol–water partition coefficient (Wildman–Crippen LogP) is 2.84. The van der Waals surface area contributed by atoms with Crippen LogP contribution in [0.25, 0.3) is 0 Å². The summed E-state index contributed by atoms with van der Waals surface area (Å²) in [6.07, 6.45) is 1.09. The molecule has 1 aliphatic rings. The number of rotatable bonds is 2. The smallest absolute Gasteiger partial charge is 0.170 e. The first-order valence-corrected chi connectivity index (χ1v) is 21.8. The minimum absolute atomic E-state index is 0.538. The van der Waals surface area contributed by atoms with Gasteiger partial charge in [0.15, 0.2) is 7.83 Å². The molecule has 0 aromatic rings. The Hall–Kier alpha value is 0.788. The third kappa shape index (κ3) is 2.10. The van der Waals surface area contributed by atoms with E-state index in [0.717, 1.165) is 13.0 Å². The Kier molecular flexibility index (Phi) is 4.11. The van der Waals surface area contributed by atoms with Crippen molar-refractivity contribution >= 4 is 29.6 Å². The molecule has 1 unspecified atom stereocenters. The van der Waals surface area contributed by atoms with Crippen molar-refractivity contribution < 1.29 is 4.43 Å². The maximum Gasteiger partial charge on any atom is 0.170 e. The van der Waals surface area contributed by atoms with Crippen molar-refractivity contribution in [2.45, 2.75) is 64.5 Å². The van der Waals surface area contributed by atoms with Crippen LogP contribution in [0.1, 0.15) is 6.42 Å². The van der Waals surface area contributed by atoms with Gasteiger partial charge in [0.25, 0.3) is 0 Å². The standard InChI is InChI=1S/C11H31NOSi4/c1-14(2)11(9-10-12)13-15(3,4)17(7,8)16(14,5)6/h11H,9-10,12H2,1-8H3. The Morgan fingerprint density at radius 2 is 1.35 bits per heavy atom. The third-order valence-corrected chi connectivity index (χ3v) is 72.9. The zero-order chi connectivity index (χ0) is 13.7. The molecule has 0 bridgehead atoms. The molecule has 6 heteroatoms. The van der Waals surface area contributed by atoms with Gasteiger partial charge in [-0.25, -0.2) is 0 Å². The van der Waals surface area contributed by atoms with Crippen LogP contribution in [-0.4, -0.2) is 41.9 Å². The summed E-state index contributed by atoms with van der Waals surface area (Å²) in [6, 6.07) is 0. The molecule has 1 rings (SSSR count). The SMILES string of the molecule is C[Si]1(C)OC(CCN)[Si](C)(C)[Si](C)(C)[Si]1(C)C. The summed E-state index contributed by atoms with van der Waals surface area (Å²) in [5.41, 5.74) is 6.35. The lowest BCUT2D eigenvalue weighted by Gasteiger charge is -2.62. The van der Waals surface area contributed by atoms with E-state index in [4.69, 9.17) is 10.2 Å². The molecular weight excluding hydrogens is 274 g/mol. The minimum atomic E-state index is -1.46. The summed E-state index contributed by atoms with van der Waals surface area (Å²) in [6.45, 7) is 21.5. The van der Waals surface area contributed by atoms with E-state index in [1.165, 1.54) is 0 Å². The molecule has 17 heavy (non-hydrogen) atoms. The van der Waals surface area contributed by atoms with E-state index in [2.05, 4.69) is 52.4 Å². The topological polar surface area (TPSA) is 35.2 Å². The predicted molar refractivity (Wildman–Crippen MR) is 88.5 cm³/mol. The van der Waals surface area contributed by atoms with Crippen molar-refractivity contribution in [1.82, 2.24) is 0 Å². The molecule has 0 radical (unpaired) electrons. The molecule has 0 spiro atoms. The second-order valence-corrected chi connectivity index (χ2v) is 47.0. The van der Waals surface area contributed by atoms with Gasteiger partial charge in [-0.3, -0.25) is 0 Å². The summed E-state index contributed by atoms with van der Waals surface area (Å²) in [7, 11) is -5.02. The normalized spacial score (nSPS) is 33.4. The Morgan fingerprint density at radius 1 is 0.882 bits per heavy atom. The third-order valence-electron chi connectivity index (χ3n) is 6.35. The van der Waals surface area contributed by atoms with Crippen LogP contribution in [-0.2, 0) is 4.43 Å². The van der Waals surface area contributed by atoms with Crippen molar-refractivity contribution in [1.29, 1.82) is 0 Å². The van der Waals surface area contributed by atoms with Gasteiger partial charge in [0.05, 0.1) is 14.7 Å². The molecule has 1 saturated heterocycles. The summed E-state index contributed by atoms with van der Waals surface area (Å²) in [4.78, 5) is 0. The zero-order valence-electron chi connectivity index (χ0n) is 13.0. The van der Waals surface area contributed by atoms with Gasteiger partial charge in [-0.05, 0) is 26.1 Å². The summed E-state index contributed by atoms with van der Waals surface area (Å²) < 4.78 is 6.70. The van der Waals surface area contributed by atoms with Crippen LogP contribution < -0.4 is 5.73 Å². The molecule has 102 valence electrons. The lowest BCUT2D eigenvalue weighted by Crippen LogP contribution is -2.87. The largest absolute Gasteiger partial charge is 0.421 e. The summed E-state index contributed by atoms with van der Waals surface area (Å²) >= 11 is 0. The molecule has 0 amide bonds. The Balaban J connectivity index is 3.24. The molecule has 1 atom stereocenters. The van der Waals surface area contributed by atoms with Crippen molar-refractivity contribution in [3.05, 3.63) is 0 Å². The Labute approximate surface area is 111 Å². The quantitative estimate of drug-likeness (QED) is 0.796. The van der Waals surface area contributed by atoms with Crippen LogP contribution in [0, 0.1) is 0 Å². The Morgan fingerprint density at radius 3 is 1.76 bits per heavy atom. The molecule has 1 aliphatic heterocycles. The molecule has 2 nitrogen and oxygen atoms in total. The first-order valence-electron chi connectivity index (χ1n) is 6.79. The number of hydrogen-bond acceptors (Lipinski definition) is 2. The molecule has 1 heterocycles. The van der Waals surface area contributed by atoms with Gasteiger partial charge in [0, 0.05) is 12.8 Å². The van der Waals surface area contributed by atoms with Gasteiger partial charge in [0.1, 0.15) is 0 Å². The first kappa shape index (κ1) is 15.8. The van der Waals surface area contributed by atoms with Crippen molar-refractivity contribution in [3.63, 3.8) is 0 Å². The highest BCUT2D eigenvalue weighted by atomic mass is 29.8. The van der Waals surface area contributed by atoms with Crippen molar-refractivity contribution in [2.24, 2.45) is 5.73 Å². The second-order valence-electron chi connectivity index (χ2n) is 7.67. The maximum absolute atomic E-state index is 6.70. The van der Waals surface area contributed by atoms with Gasteiger partial charge in [-0.1, -0.05) is 39.3 Å². The molecule has 0 aromatic heterocycles. The molecule has 0 aromatic carbocycles. The second kappa shape index (κ2) is 4.41. The molecule has 0 aliphatic carbocycles.